The molecular weight excluding hydrogens is 304 g/mol. The molecule has 1 saturated heterocycles. The van der Waals surface area contributed by atoms with Crippen molar-refractivity contribution < 1.29 is 4.74 Å². The van der Waals surface area contributed by atoms with Crippen molar-refractivity contribution in [3.8, 4) is 5.75 Å². The molecular formula is C15H23BrN2O. The van der Waals surface area contributed by atoms with Crippen LogP contribution in [0.15, 0.2) is 22.7 Å². The molecule has 1 aliphatic rings. The van der Waals surface area contributed by atoms with Gasteiger partial charge in [0, 0.05) is 17.6 Å². The summed E-state index contributed by atoms with van der Waals surface area (Å²) in [7, 11) is 1.71. The van der Waals surface area contributed by atoms with Gasteiger partial charge in [0.15, 0.2) is 0 Å². The maximum Gasteiger partial charge on any atom is 0.119 e. The lowest BCUT2D eigenvalue weighted by atomic mass is 9.94. The number of methoxy groups -OCH3 is 1. The van der Waals surface area contributed by atoms with E-state index >= 15 is 0 Å². The predicted molar refractivity (Wildman–Crippen MR) is 82.4 cm³/mol. The first-order chi connectivity index (χ1) is 9.22. The van der Waals surface area contributed by atoms with Gasteiger partial charge in [-0.2, -0.15) is 0 Å². The average Bonchev–Trinajstić information content (AvgIpc) is 2.42. The first-order valence-corrected chi connectivity index (χ1v) is 7.77. The smallest absolute Gasteiger partial charge is 0.119 e. The molecule has 0 amide bonds. The Hall–Kier alpha value is -0.580. The zero-order valence-corrected chi connectivity index (χ0v) is 13.2. The van der Waals surface area contributed by atoms with E-state index in [1.54, 1.807) is 7.11 Å². The molecule has 1 aromatic rings. The van der Waals surface area contributed by atoms with Crippen molar-refractivity contribution in [3.05, 3.63) is 28.2 Å². The third-order valence-corrected chi connectivity index (χ3v) is 4.60. The second kappa shape index (κ2) is 7.27. The van der Waals surface area contributed by atoms with Crippen LogP contribution in [-0.2, 0) is 6.54 Å². The SMILES string of the molecule is COc1ccc(Br)c(CN2CCCC(CCN)C2)c1. The number of ether oxygens (including phenoxy) is 1. The second-order valence-corrected chi connectivity index (χ2v) is 6.13. The van der Waals surface area contributed by atoms with Gasteiger partial charge in [0.25, 0.3) is 0 Å². The molecule has 1 fully saturated rings. The summed E-state index contributed by atoms with van der Waals surface area (Å²) in [5, 5.41) is 0. The van der Waals surface area contributed by atoms with Crippen molar-refractivity contribution in [1.82, 2.24) is 4.90 Å². The Labute approximate surface area is 124 Å². The Kier molecular flexibility index (Phi) is 5.67. The number of rotatable bonds is 5. The fourth-order valence-corrected chi connectivity index (χ4v) is 3.18. The van der Waals surface area contributed by atoms with Crippen molar-refractivity contribution in [3.63, 3.8) is 0 Å². The van der Waals surface area contributed by atoms with Gasteiger partial charge >= 0.3 is 0 Å². The summed E-state index contributed by atoms with van der Waals surface area (Å²) in [6.07, 6.45) is 3.76. The fraction of sp³-hybridized carbons (Fsp3) is 0.600. The molecule has 1 atom stereocenters. The molecule has 0 saturated carbocycles. The molecule has 1 aliphatic heterocycles. The van der Waals surface area contributed by atoms with Crippen LogP contribution < -0.4 is 10.5 Å². The number of piperidine rings is 1. The highest BCUT2D eigenvalue weighted by Gasteiger charge is 2.20. The Morgan fingerprint density at radius 3 is 3.05 bits per heavy atom. The Morgan fingerprint density at radius 2 is 2.32 bits per heavy atom. The largest absolute Gasteiger partial charge is 0.497 e. The predicted octanol–water partition coefficient (Wildman–Crippen LogP) is 3.02. The maximum atomic E-state index is 5.68. The highest BCUT2D eigenvalue weighted by Crippen LogP contribution is 2.26. The molecule has 0 radical (unpaired) electrons. The molecule has 0 spiro atoms. The first-order valence-electron chi connectivity index (χ1n) is 6.97. The fourth-order valence-electron chi connectivity index (χ4n) is 2.81. The number of benzene rings is 1. The number of hydrogen-bond donors (Lipinski definition) is 1. The van der Waals surface area contributed by atoms with Gasteiger partial charge in [0.05, 0.1) is 7.11 Å². The number of hydrogen-bond acceptors (Lipinski definition) is 3. The molecule has 0 aliphatic carbocycles. The highest BCUT2D eigenvalue weighted by atomic mass is 79.9. The molecule has 2 rings (SSSR count). The summed E-state index contributed by atoms with van der Waals surface area (Å²) in [6, 6.07) is 6.17. The Morgan fingerprint density at radius 1 is 1.47 bits per heavy atom. The monoisotopic (exact) mass is 326 g/mol. The van der Waals surface area contributed by atoms with Gasteiger partial charge < -0.3 is 10.5 Å². The minimum absolute atomic E-state index is 0.767. The van der Waals surface area contributed by atoms with Gasteiger partial charge in [-0.3, -0.25) is 4.90 Å². The van der Waals surface area contributed by atoms with Crippen molar-refractivity contribution in [1.29, 1.82) is 0 Å². The number of nitrogens with zero attached hydrogens (tertiary/aromatic N) is 1. The van der Waals surface area contributed by atoms with E-state index in [0.29, 0.717) is 0 Å². The van der Waals surface area contributed by atoms with Gasteiger partial charge in [0.1, 0.15) is 5.75 Å². The summed E-state index contributed by atoms with van der Waals surface area (Å²) in [4.78, 5) is 2.53. The Balaban J connectivity index is 2.00. The molecule has 4 heteroatoms. The summed E-state index contributed by atoms with van der Waals surface area (Å²) < 4.78 is 6.46. The lowest BCUT2D eigenvalue weighted by molar-refractivity contribution is 0.162. The summed E-state index contributed by atoms with van der Waals surface area (Å²) in [6.45, 7) is 4.14. The molecule has 0 bridgehead atoms. The van der Waals surface area contributed by atoms with Crippen LogP contribution in [0, 0.1) is 5.92 Å². The van der Waals surface area contributed by atoms with E-state index in [9.17, 15) is 0 Å². The van der Waals surface area contributed by atoms with Crippen molar-refractivity contribution in [2.24, 2.45) is 11.7 Å². The van der Waals surface area contributed by atoms with E-state index in [-0.39, 0.29) is 0 Å². The third kappa shape index (κ3) is 4.20. The van der Waals surface area contributed by atoms with Crippen LogP contribution in [0.2, 0.25) is 0 Å². The quantitative estimate of drug-likeness (QED) is 0.903. The lowest BCUT2D eigenvalue weighted by Crippen LogP contribution is -2.35. The standard InChI is InChI=1S/C15H23BrN2O/c1-19-14-4-5-15(16)13(9-14)11-18-8-2-3-12(10-18)6-7-17/h4-5,9,12H,2-3,6-8,10-11,17H2,1H3. The van der Waals surface area contributed by atoms with Gasteiger partial charge in [-0.1, -0.05) is 15.9 Å². The average molecular weight is 327 g/mol. The van der Waals surface area contributed by atoms with Gasteiger partial charge in [-0.05, 0) is 62.0 Å². The third-order valence-electron chi connectivity index (χ3n) is 3.82. The summed E-state index contributed by atoms with van der Waals surface area (Å²) >= 11 is 3.63. The molecule has 1 unspecified atom stereocenters. The van der Waals surface area contributed by atoms with Crippen molar-refractivity contribution in [2.75, 3.05) is 26.7 Å². The minimum atomic E-state index is 0.767. The van der Waals surface area contributed by atoms with E-state index in [2.05, 4.69) is 33.0 Å². The van der Waals surface area contributed by atoms with Gasteiger partial charge in [-0.15, -0.1) is 0 Å². The first kappa shape index (κ1) is 14.8. The summed E-state index contributed by atoms with van der Waals surface area (Å²) in [5.41, 5.74) is 6.98. The molecule has 2 N–H and O–H groups in total. The topological polar surface area (TPSA) is 38.5 Å². The second-order valence-electron chi connectivity index (χ2n) is 5.28. The Bertz CT molecular complexity index is 409. The van der Waals surface area contributed by atoms with Crippen molar-refractivity contribution >= 4 is 15.9 Å². The zero-order valence-electron chi connectivity index (χ0n) is 11.6. The van der Waals surface area contributed by atoms with E-state index < -0.39 is 0 Å². The molecule has 3 nitrogen and oxygen atoms in total. The normalized spacial score (nSPS) is 20.5. The van der Waals surface area contributed by atoms with Crippen LogP contribution in [0.25, 0.3) is 0 Å². The molecule has 0 aromatic heterocycles. The van der Waals surface area contributed by atoms with E-state index in [1.807, 2.05) is 6.07 Å². The number of likely N-dealkylation sites (tertiary alicyclic amines) is 1. The van der Waals surface area contributed by atoms with E-state index in [1.165, 1.54) is 31.5 Å². The van der Waals surface area contributed by atoms with E-state index in [0.717, 1.165) is 35.7 Å². The molecule has 106 valence electrons. The van der Waals surface area contributed by atoms with Crippen molar-refractivity contribution in [2.45, 2.75) is 25.8 Å². The highest BCUT2D eigenvalue weighted by molar-refractivity contribution is 9.10. The van der Waals surface area contributed by atoms with Crippen LogP contribution >= 0.6 is 15.9 Å². The van der Waals surface area contributed by atoms with E-state index in [4.69, 9.17) is 10.5 Å². The van der Waals surface area contributed by atoms with Crippen LogP contribution in [0.4, 0.5) is 0 Å². The summed E-state index contributed by atoms with van der Waals surface area (Å²) in [5.74, 6) is 1.69. The van der Waals surface area contributed by atoms with Gasteiger partial charge in [0.2, 0.25) is 0 Å². The van der Waals surface area contributed by atoms with Crippen LogP contribution in [0.3, 0.4) is 0 Å². The van der Waals surface area contributed by atoms with Crippen LogP contribution in [0.1, 0.15) is 24.8 Å². The van der Waals surface area contributed by atoms with Crippen LogP contribution in [-0.4, -0.2) is 31.6 Å². The molecule has 1 heterocycles. The van der Waals surface area contributed by atoms with Gasteiger partial charge in [-0.25, -0.2) is 0 Å². The molecule has 1 aromatic carbocycles. The lowest BCUT2D eigenvalue weighted by Gasteiger charge is -2.32. The maximum absolute atomic E-state index is 5.68. The minimum Gasteiger partial charge on any atom is -0.497 e. The number of nitrogens with two attached hydrogens (primary N) is 1. The zero-order chi connectivity index (χ0) is 13.7. The number of halogens is 1. The van der Waals surface area contributed by atoms with Crippen LogP contribution in [0.5, 0.6) is 5.75 Å². The molecule has 19 heavy (non-hydrogen) atoms.